The topological polar surface area (TPSA) is 72.9 Å². The predicted octanol–water partition coefficient (Wildman–Crippen LogP) is 5.15. The summed E-state index contributed by atoms with van der Waals surface area (Å²) in [6.07, 6.45) is 2.37. The lowest BCUT2D eigenvalue weighted by molar-refractivity contribution is 0.191. The molecule has 0 radical (unpaired) electrons. The van der Waals surface area contributed by atoms with Gasteiger partial charge in [0.1, 0.15) is 0 Å². The van der Waals surface area contributed by atoms with Crippen molar-refractivity contribution in [2.24, 2.45) is 0 Å². The molecular formula is C23H30N4O2. The molecule has 2 aromatic heterocycles. The number of nitrogens with zero attached hydrogens (tertiary/aromatic N) is 4. The molecule has 0 unspecified atom stereocenters. The summed E-state index contributed by atoms with van der Waals surface area (Å²) in [5, 5.41) is 18.3. The fourth-order valence-corrected chi connectivity index (χ4v) is 3.32. The minimum absolute atomic E-state index is 0.0657. The van der Waals surface area contributed by atoms with Crippen molar-refractivity contribution >= 4 is 6.09 Å². The number of aromatic nitrogens is 4. The maximum absolute atomic E-state index is 11.2. The number of carboxylic acid groups (broad SMARTS) is 1. The molecular weight excluding hydrogens is 364 g/mol. The summed E-state index contributed by atoms with van der Waals surface area (Å²) in [5.74, 6) is 0. The minimum atomic E-state index is -1.09. The van der Waals surface area contributed by atoms with Crippen LogP contribution in [0.1, 0.15) is 65.4 Å². The number of hydrogen-bond acceptors (Lipinski definition) is 3. The molecule has 2 heterocycles. The Morgan fingerprint density at radius 1 is 0.862 bits per heavy atom. The fraction of sp³-hybridized carbons (Fsp3) is 0.435. The van der Waals surface area contributed by atoms with Crippen LogP contribution in [-0.2, 0) is 16.2 Å². The molecule has 3 rings (SSSR count). The van der Waals surface area contributed by atoms with Gasteiger partial charge in [-0.1, -0.05) is 60.6 Å². The van der Waals surface area contributed by atoms with E-state index in [0.29, 0.717) is 5.69 Å². The summed E-state index contributed by atoms with van der Waals surface area (Å²) in [5.41, 5.74) is 3.18. The van der Waals surface area contributed by atoms with Gasteiger partial charge in [0.2, 0.25) is 0 Å². The third-order valence-corrected chi connectivity index (χ3v) is 6.19. The third kappa shape index (κ3) is 3.71. The van der Waals surface area contributed by atoms with Crippen molar-refractivity contribution in [2.45, 2.75) is 64.7 Å². The number of hydrogen-bond donors (Lipinski definition) is 1. The summed E-state index contributed by atoms with van der Waals surface area (Å²) in [6.45, 7) is 15.0. The Balaban J connectivity index is 1.97. The molecule has 0 fully saturated rings. The molecule has 29 heavy (non-hydrogen) atoms. The molecule has 3 aromatic rings. The molecule has 0 aliphatic rings. The van der Waals surface area contributed by atoms with E-state index in [1.165, 1.54) is 11.8 Å². The van der Waals surface area contributed by atoms with Crippen LogP contribution in [0.15, 0.2) is 48.8 Å². The quantitative estimate of drug-likeness (QED) is 0.664. The van der Waals surface area contributed by atoms with Crippen LogP contribution in [0.2, 0.25) is 0 Å². The Morgan fingerprint density at radius 3 is 2.00 bits per heavy atom. The molecule has 0 atom stereocenters. The maximum Gasteiger partial charge on any atom is 0.432 e. The van der Waals surface area contributed by atoms with E-state index in [4.69, 9.17) is 5.10 Å². The van der Waals surface area contributed by atoms with E-state index in [-0.39, 0.29) is 10.8 Å². The van der Waals surface area contributed by atoms with Crippen LogP contribution in [0.25, 0.3) is 5.69 Å². The Morgan fingerprint density at radius 2 is 1.45 bits per heavy atom. The molecule has 0 spiro atoms. The largest absolute Gasteiger partial charge is 0.463 e. The van der Waals surface area contributed by atoms with E-state index in [9.17, 15) is 9.90 Å². The van der Waals surface area contributed by atoms with Crippen LogP contribution in [0.3, 0.4) is 0 Å². The highest BCUT2D eigenvalue weighted by Crippen LogP contribution is 2.42. The number of carbonyl (C=O) groups is 1. The SMILES string of the molecule is CC(C)(C)c1cccc(-n2ccc(C(C)(C)C(C)(C)c3ccn(C(=O)O)n3)n2)c1. The molecule has 1 aromatic carbocycles. The van der Waals surface area contributed by atoms with Crippen LogP contribution in [0.4, 0.5) is 4.79 Å². The zero-order chi connectivity index (χ0) is 21.6. The molecule has 0 aliphatic carbocycles. The van der Waals surface area contributed by atoms with Crippen LogP contribution in [0.5, 0.6) is 0 Å². The summed E-state index contributed by atoms with van der Waals surface area (Å²) < 4.78 is 2.85. The molecule has 6 heteroatoms. The van der Waals surface area contributed by atoms with Crippen LogP contribution in [-0.4, -0.2) is 30.8 Å². The van der Waals surface area contributed by atoms with E-state index in [2.05, 4.69) is 77.8 Å². The van der Waals surface area contributed by atoms with E-state index in [1.807, 2.05) is 16.9 Å². The van der Waals surface area contributed by atoms with Gasteiger partial charge in [-0.3, -0.25) is 0 Å². The molecule has 0 saturated heterocycles. The molecule has 1 N–H and O–H groups in total. The van der Waals surface area contributed by atoms with Gasteiger partial charge in [0, 0.05) is 23.2 Å². The van der Waals surface area contributed by atoms with Crippen molar-refractivity contribution < 1.29 is 9.90 Å². The summed E-state index contributed by atoms with van der Waals surface area (Å²) in [7, 11) is 0. The number of rotatable bonds is 4. The molecule has 0 saturated carbocycles. The first-order chi connectivity index (χ1) is 13.3. The van der Waals surface area contributed by atoms with Crippen LogP contribution < -0.4 is 0 Å². The van der Waals surface area contributed by atoms with Crippen molar-refractivity contribution in [2.75, 3.05) is 0 Å². The van der Waals surface area contributed by atoms with Gasteiger partial charge in [-0.05, 0) is 35.2 Å². The first-order valence-electron chi connectivity index (χ1n) is 9.80. The molecule has 0 aliphatic heterocycles. The first kappa shape index (κ1) is 20.8. The lowest BCUT2D eigenvalue weighted by Crippen LogP contribution is -2.41. The highest BCUT2D eigenvalue weighted by Gasteiger charge is 2.43. The average molecular weight is 395 g/mol. The van der Waals surface area contributed by atoms with E-state index >= 15 is 0 Å². The zero-order valence-corrected chi connectivity index (χ0v) is 18.3. The monoisotopic (exact) mass is 394 g/mol. The molecule has 0 amide bonds. The summed E-state index contributed by atoms with van der Waals surface area (Å²) in [6, 6.07) is 12.2. The molecule has 154 valence electrons. The van der Waals surface area contributed by atoms with Crippen molar-refractivity contribution in [3.05, 3.63) is 65.7 Å². The van der Waals surface area contributed by atoms with Gasteiger partial charge >= 0.3 is 6.09 Å². The van der Waals surface area contributed by atoms with Gasteiger partial charge in [-0.25, -0.2) is 9.48 Å². The Hall–Kier alpha value is -2.89. The predicted molar refractivity (Wildman–Crippen MR) is 114 cm³/mol. The van der Waals surface area contributed by atoms with Gasteiger partial charge in [0.15, 0.2) is 0 Å². The first-order valence-corrected chi connectivity index (χ1v) is 9.80. The molecule has 0 bridgehead atoms. The average Bonchev–Trinajstić information content (AvgIpc) is 3.31. The zero-order valence-electron chi connectivity index (χ0n) is 18.3. The smallest absolute Gasteiger partial charge is 0.432 e. The van der Waals surface area contributed by atoms with Crippen molar-refractivity contribution in [1.29, 1.82) is 0 Å². The van der Waals surface area contributed by atoms with Crippen molar-refractivity contribution in [3.8, 4) is 5.69 Å². The Bertz CT molecular complexity index is 1040. The lowest BCUT2D eigenvalue weighted by atomic mass is 9.64. The second-order valence-electron chi connectivity index (χ2n) is 9.62. The molecule has 6 nitrogen and oxygen atoms in total. The second-order valence-corrected chi connectivity index (χ2v) is 9.62. The third-order valence-electron chi connectivity index (χ3n) is 6.19. The van der Waals surface area contributed by atoms with Gasteiger partial charge in [0.05, 0.1) is 17.1 Å². The van der Waals surface area contributed by atoms with Crippen molar-refractivity contribution in [3.63, 3.8) is 0 Å². The van der Waals surface area contributed by atoms with Crippen molar-refractivity contribution in [1.82, 2.24) is 19.6 Å². The summed E-state index contributed by atoms with van der Waals surface area (Å²) >= 11 is 0. The maximum atomic E-state index is 11.2. The Labute approximate surface area is 172 Å². The van der Waals surface area contributed by atoms with Gasteiger partial charge in [-0.15, -0.1) is 0 Å². The second kappa shape index (κ2) is 6.87. The minimum Gasteiger partial charge on any atom is -0.463 e. The standard InChI is InChI=1S/C23H30N4O2/c1-21(2,3)16-9-8-10-17(15-16)26-13-11-18(24-26)22(4,5)23(6,7)19-12-14-27(25-19)20(28)29/h8-15H,1-7H3,(H,28,29). The van der Waals surface area contributed by atoms with Gasteiger partial charge in [0.25, 0.3) is 0 Å². The normalized spacial score (nSPS) is 12.9. The van der Waals surface area contributed by atoms with E-state index in [0.717, 1.165) is 16.1 Å². The lowest BCUT2D eigenvalue weighted by Gasteiger charge is -2.39. The Kier molecular flexibility index (Phi) is 4.93. The van der Waals surface area contributed by atoms with E-state index < -0.39 is 11.5 Å². The number of benzene rings is 1. The van der Waals surface area contributed by atoms with E-state index in [1.54, 1.807) is 6.07 Å². The van der Waals surface area contributed by atoms with Gasteiger partial charge in [-0.2, -0.15) is 14.9 Å². The highest BCUT2D eigenvalue weighted by atomic mass is 16.4. The van der Waals surface area contributed by atoms with Gasteiger partial charge < -0.3 is 5.11 Å². The fourth-order valence-electron chi connectivity index (χ4n) is 3.32. The van der Waals surface area contributed by atoms with Crippen LogP contribution >= 0.6 is 0 Å². The van der Waals surface area contributed by atoms with Crippen LogP contribution in [0, 0.1) is 0 Å². The highest BCUT2D eigenvalue weighted by molar-refractivity contribution is 5.66. The summed E-state index contributed by atoms with van der Waals surface area (Å²) in [4.78, 5) is 11.2.